The standard InChI is InChI=1S/C37H41N3O/c1-38-22-25(18-33-32-14-9-15-34-36(32)28(19-35(33)38)24-39(34)2)23-40-29-16-17-30(40)21-31(20-29)41-37(26-10-5-3-6-11-26)27-12-7-4-8-13-27/h3-15,18,24-25,29-31,35,37H,16-17,19-23H2,1-2H3/t25-,29?,30?,31?,35+/m0/s1. The molecule has 210 valence electrons. The molecule has 0 amide bonds. The minimum atomic E-state index is -0.00102. The molecular formula is C37H41N3O. The van der Waals surface area contributed by atoms with Gasteiger partial charge < -0.3 is 9.30 Å². The zero-order valence-corrected chi connectivity index (χ0v) is 24.3. The molecule has 41 heavy (non-hydrogen) atoms. The highest BCUT2D eigenvalue weighted by Gasteiger charge is 2.43. The van der Waals surface area contributed by atoms with Crippen molar-refractivity contribution in [3.05, 3.63) is 113 Å². The van der Waals surface area contributed by atoms with Gasteiger partial charge in [0.1, 0.15) is 6.10 Å². The van der Waals surface area contributed by atoms with Crippen LogP contribution in [0.15, 0.2) is 91.1 Å². The Balaban J connectivity index is 1.01. The van der Waals surface area contributed by atoms with E-state index in [1.54, 1.807) is 5.57 Å². The maximum Gasteiger partial charge on any atom is 0.108 e. The van der Waals surface area contributed by atoms with Gasteiger partial charge in [0.25, 0.3) is 0 Å². The fraction of sp³-hybridized carbons (Fsp3) is 0.405. The molecule has 4 aromatic rings. The third-order valence-corrected chi connectivity index (χ3v) is 10.5. The number of aryl methyl sites for hydroxylation is 1. The van der Waals surface area contributed by atoms with Crippen LogP contribution < -0.4 is 0 Å². The summed E-state index contributed by atoms with van der Waals surface area (Å²) < 4.78 is 9.30. The molecule has 0 radical (unpaired) electrons. The summed E-state index contributed by atoms with van der Waals surface area (Å²) in [5.41, 5.74) is 8.41. The first kappa shape index (κ1) is 25.5. The Morgan fingerprint density at radius 2 is 1.51 bits per heavy atom. The molecule has 3 aromatic carbocycles. The molecule has 4 aliphatic rings. The highest BCUT2D eigenvalue weighted by molar-refractivity contribution is 5.98. The van der Waals surface area contributed by atoms with Crippen LogP contribution in [-0.2, 0) is 18.2 Å². The first-order valence-corrected chi connectivity index (χ1v) is 15.6. The van der Waals surface area contributed by atoms with Gasteiger partial charge in [0.2, 0.25) is 0 Å². The quantitative estimate of drug-likeness (QED) is 0.265. The van der Waals surface area contributed by atoms with E-state index in [1.165, 1.54) is 52.5 Å². The molecule has 4 heteroatoms. The van der Waals surface area contributed by atoms with Crippen molar-refractivity contribution in [2.75, 3.05) is 20.1 Å². The third-order valence-electron chi connectivity index (χ3n) is 10.5. The van der Waals surface area contributed by atoms with Gasteiger partial charge in [-0.2, -0.15) is 0 Å². The number of aromatic nitrogens is 1. The number of nitrogens with zero attached hydrogens (tertiary/aromatic N) is 3. The van der Waals surface area contributed by atoms with Crippen LogP contribution in [-0.4, -0.2) is 58.7 Å². The smallest absolute Gasteiger partial charge is 0.108 e. The Bertz CT molecular complexity index is 1520. The van der Waals surface area contributed by atoms with Crippen LogP contribution in [0.25, 0.3) is 16.5 Å². The average Bonchev–Trinajstić information content (AvgIpc) is 3.44. The number of piperidine rings is 1. The van der Waals surface area contributed by atoms with Crippen LogP contribution >= 0.6 is 0 Å². The molecule has 0 saturated carbocycles. The summed E-state index contributed by atoms with van der Waals surface area (Å²) >= 11 is 0. The second kappa shape index (κ2) is 10.3. The van der Waals surface area contributed by atoms with Gasteiger partial charge in [0, 0.05) is 61.3 Å². The predicted octanol–water partition coefficient (Wildman–Crippen LogP) is 6.85. The van der Waals surface area contributed by atoms with E-state index in [0.29, 0.717) is 30.1 Å². The van der Waals surface area contributed by atoms with E-state index in [-0.39, 0.29) is 6.10 Å². The first-order chi connectivity index (χ1) is 20.1. The zero-order chi connectivity index (χ0) is 27.5. The Labute approximate surface area is 244 Å². The molecule has 2 fully saturated rings. The van der Waals surface area contributed by atoms with Crippen LogP contribution in [0.5, 0.6) is 0 Å². The van der Waals surface area contributed by atoms with Gasteiger partial charge in [-0.1, -0.05) is 78.9 Å². The number of rotatable bonds is 6. The number of likely N-dealkylation sites (N-methyl/N-ethyl adjacent to an activating group) is 1. The van der Waals surface area contributed by atoms with E-state index in [0.717, 1.165) is 25.8 Å². The van der Waals surface area contributed by atoms with Crippen molar-refractivity contribution in [3.8, 4) is 0 Å². The summed E-state index contributed by atoms with van der Waals surface area (Å²) in [5, 5.41) is 1.48. The lowest BCUT2D eigenvalue weighted by atomic mass is 9.79. The molecular weight excluding hydrogens is 502 g/mol. The van der Waals surface area contributed by atoms with Gasteiger partial charge >= 0.3 is 0 Å². The number of fused-ring (bicyclic) bond motifs is 4. The summed E-state index contributed by atoms with van der Waals surface area (Å²) in [6.07, 6.45) is 11.3. The molecule has 0 N–H and O–H groups in total. The minimum Gasteiger partial charge on any atom is -0.365 e. The van der Waals surface area contributed by atoms with E-state index in [2.05, 4.69) is 120 Å². The van der Waals surface area contributed by atoms with Crippen LogP contribution in [0.1, 0.15) is 54.0 Å². The monoisotopic (exact) mass is 543 g/mol. The molecule has 1 aliphatic carbocycles. The van der Waals surface area contributed by atoms with E-state index in [1.807, 2.05) is 0 Å². The van der Waals surface area contributed by atoms with Crippen LogP contribution in [0.3, 0.4) is 0 Å². The summed E-state index contributed by atoms with van der Waals surface area (Å²) in [7, 11) is 4.54. The lowest BCUT2D eigenvalue weighted by molar-refractivity contribution is -0.0507. The highest BCUT2D eigenvalue weighted by Crippen LogP contribution is 2.44. The van der Waals surface area contributed by atoms with E-state index in [4.69, 9.17) is 4.74 Å². The van der Waals surface area contributed by atoms with Crippen molar-refractivity contribution in [2.45, 2.75) is 62.4 Å². The molecule has 4 atom stereocenters. The SMILES string of the molecule is CN1C[C@@H](CN2C3CCC2CC(OC(c2ccccc2)c2ccccc2)C3)C=C2c3cccc4c3c(cn4C)C[C@H]21. The molecule has 1 aromatic heterocycles. The first-order valence-electron chi connectivity index (χ1n) is 15.6. The molecule has 2 saturated heterocycles. The number of ether oxygens (including phenoxy) is 1. The normalized spacial score (nSPS) is 27.8. The van der Waals surface area contributed by atoms with Crippen LogP contribution in [0.4, 0.5) is 0 Å². The van der Waals surface area contributed by atoms with Crippen LogP contribution in [0.2, 0.25) is 0 Å². The predicted molar refractivity (Wildman–Crippen MR) is 167 cm³/mol. The maximum absolute atomic E-state index is 6.99. The Morgan fingerprint density at radius 3 is 2.20 bits per heavy atom. The van der Waals surface area contributed by atoms with Gasteiger partial charge in [-0.05, 0) is 73.0 Å². The van der Waals surface area contributed by atoms with Gasteiger partial charge in [-0.3, -0.25) is 9.80 Å². The Hall–Kier alpha value is -3.18. The Morgan fingerprint density at radius 1 is 0.829 bits per heavy atom. The van der Waals surface area contributed by atoms with Crippen molar-refractivity contribution in [2.24, 2.45) is 13.0 Å². The summed E-state index contributed by atoms with van der Waals surface area (Å²) in [6, 6.07) is 30.2. The molecule has 3 aliphatic heterocycles. The average molecular weight is 544 g/mol. The second-order valence-corrected chi connectivity index (χ2v) is 13.0. The zero-order valence-electron chi connectivity index (χ0n) is 24.3. The lowest BCUT2D eigenvalue weighted by Gasteiger charge is -2.44. The number of hydrogen-bond acceptors (Lipinski definition) is 3. The van der Waals surface area contributed by atoms with Gasteiger partial charge in [-0.25, -0.2) is 0 Å². The molecule has 4 nitrogen and oxygen atoms in total. The second-order valence-electron chi connectivity index (χ2n) is 13.0. The van der Waals surface area contributed by atoms with E-state index >= 15 is 0 Å². The van der Waals surface area contributed by atoms with Crippen molar-refractivity contribution in [3.63, 3.8) is 0 Å². The van der Waals surface area contributed by atoms with Crippen molar-refractivity contribution < 1.29 is 4.74 Å². The summed E-state index contributed by atoms with van der Waals surface area (Å²) in [6.45, 7) is 2.31. The topological polar surface area (TPSA) is 20.6 Å². The molecule has 2 unspecified atom stereocenters. The Kier molecular flexibility index (Phi) is 6.39. The van der Waals surface area contributed by atoms with E-state index in [9.17, 15) is 0 Å². The fourth-order valence-corrected chi connectivity index (χ4v) is 8.64. The number of benzene rings is 3. The number of hydrogen-bond donors (Lipinski definition) is 0. The highest BCUT2D eigenvalue weighted by atomic mass is 16.5. The van der Waals surface area contributed by atoms with Gasteiger partial charge in [0.05, 0.1) is 6.10 Å². The molecule has 4 heterocycles. The van der Waals surface area contributed by atoms with Gasteiger partial charge in [0.15, 0.2) is 0 Å². The fourth-order valence-electron chi connectivity index (χ4n) is 8.64. The molecule has 0 spiro atoms. The van der Waals surface area contributed by atoms with Crippen LogP contribution in [0, 0.1) is 5.92 Å². The maximum atomic E-state index is 6.99. The van der Waals surface area contributed by atoms with Crippen molar-refractivity contribution in [1.82, 2.24) is 14.4 Å². The van der Waals surface area contributed by atoms with Crippen molar-refractivity contribution in [1.29, 1.82) is 0 Å². The summed E-state index contributed by atoms with van der Waals surface area (Å²) in [4.78, 5) is 5.50. The third kappa shape index (κ3) is 4.48. The minimum absolute atomic E-state index is 0.00102. The molecule has 8 rings (SSSR count). The lowest BCUT2D eigenvalue weighted by Crippen LogP contribution is -2.50. The van der Waals surface area contributed by atoms with E-state index < -0.39 is 0 Å². The van der Waals surface area contributed by atoms with Crippen molar-refractivity contribution >= 4 is 16.5 Å². The van der Waals surface area contributed by atoms with Gasteiger partial charge in [-0.15, -0.1) is 0 Å². The summed E-state index contributed by atoms with van der Waals surface area (Å²) in [5.74, 6) is 0.564. The molecule has 2 bridgehead atoms. The largest absolute Gasteiger partial charge is 0.365 e.